The maximum atomic E-state index is 3.45. The number of hydrogen-bond acceptors (Lipinski definition) is 2. The van der Waals surface area contributed by atoms with Crippen molar-refractivity contribution in [1.29, 1.82) is 0 Å². The van der Waals surface area contributed by atoms with E-state index in [2.05, 4.69) is 48.7 Å². The Morgan fingerprint density at radius 1 is 0.917 bits per heavy atom. The molecule has 1 aromatic carbocycles. The summed E-state index contributed by atoms with van der Waals surface area (Å²) >= 11 is 0. The van der Waals surface area contributed by atoms with Gasteiger partial charge in [0.2, 0.25) is 0 Å². The van der Waals surface area contributed by atoms with Crippen LogP contribution in [-0.2, 0) is 0 Å². The van der Waals surface area contributed by atoms with E-state index in [0.29, 0.717) is 12.1 Å². The molecule has 0 unspecified atom stereocenters. The van der Waals surface area contributed by atoms with Gasteiger partial charge < -0.3 is 10.6 Å². The SMILES string of the molecule is C[C@H]1Nc2ccccc2N[C@@H]1C. The van der Waals surface area contributed by atoms with Crippen LogP contribution in [0.15, 0.2) is 24.3 Å². The first-order chi connectivity index (χ1) is 5.77. The van der Waals surface area contributed by atoms with Crippen LogP contribution in [0.4, 0.5) is 11.4 Å². The summed E-state index contributed by atoms with van der Waals surface area (Å²) in [4.78, 5) is 0. The predicted octanol–water partition coefficient (Wildman–Crippen LogP) is 2.30. The zero-order chi connectivity index (χ0) is 8.55. The van der Waals surface area contributed by atoms with Gasteiger partial charge in [-0.3, -0.25) is 0 Å². The molecule has 0 fully saturated rings. The summed E-state index contributed by atoms with van der Waals surface area (Å²) in [6, 6.07) is 9.31. The molecule has 2 rings (SSSR count). The quantitative estimate of drug-likeness (QED) is 0.611. The van der Waals surface area contributed by atoms with Gasteiger partial charge in [0.15, 0.2) is 0 Å². The molecule has 0 saturated carbocycles. The van der Waals surface area contributed by atoms with Crippen molar-refractivity contribution < 1.29 is 0 Å². The van der Waals surface area contributed by atoms with Gasteiger partial charge in [0.1, 0.15) is 0 Å². The van der Waals surface area contributed by atoms with Crippen molar-refractivity contribution in [3.05, 3.63) is 24.3 Å². The Bertz CT molecular complexity index is 254. The van der Waals surface area contributed by atoms with Crippen molar-refractivity contribution in [1.82, 2.24) is 0 Å². The van der Waals surface area contributed by atoms with Crippen LogP contribution in [0, 0.1) is 0 Å². The van der Waals surface area contributed by atoms with Gasteiger partial charge in [0, 0.05) is 12.1 Å². The minimum atomic E-state index is 0.500. The second-order valence-corrected chi connectivity index (χ2v) is 3.41. The lowest BCUT2D eigenvalue weighted by atomic mass is 10.1. The maximum Gasteiger partial charge on any atom is 0.0578 e. The van der Waals surface area contributed by atoms with Crippen molar-refractivity contribution in [2.75, 3.05) is 10.6 Å². The van der Waals surface area contributed by atoms with Gasteiger partial charge in [-0.25, -0.2) is 0 Å². The van der Waals surface area contributed by atoms with E-state index in [9.17, 15) is 0 Å². The molecule has 0 aromatic heterocycles. The van der Waals surface area contributed by atoms with E-state index >= 15 is 0 Å². The first kappa shape index (κ1) is 7.47. The number of rotatable bonds is 0. The molecule has 12 heavy (non-hydrogen) atoms. The molecular formula is C10H14N2. The van der Waals surface area contributed by atoms with Crippen molar-refractivity contribution >= 4 is 11.4 Å². The van der Waals surface area contributed by atoms with Gasteiger partial charge in [0.25, 0.3) is 0 Å². The zero-order valence-electron chi connectivity index (χ0n) is 7.46. The molecule has 1 aromatic rings. The molecule has 64 valence electrons. The lowest BCUT2D eigenvalue weighted by Crippen LogP contribution is -2.38. The fourth-order valence-corrected chi connectivity index (χ4v) is 1.48. The first-order valence-electron chi connectivity index (χ1n) is 4.39. The standard InChI is InChI=1S/C10H14N2/c1-7-8(2)12-10-6-4-3-5-9(10)11-7/h3-8,11-12H,1-2H3/t7-,8-/m1/s1. The molecule has 2 atom stereocenters. The molecule has 1 aliphatic rings. The molecule has 0 amide bonds. The largest absolute Gasteiger partial charge is 0.379 e. The highest BCUT2D eigenvalue weighted by Gasteiger charge is 2.18. The predicted molar refractivity (Wildman–Crippen MR) is 52.6 cm³/mol. The highest BCUT2D eigenvalue weighted by Crippen LogP contribution is 2.27. The third kappa shape index (κ3) is 1.13. The van der Waals surface area contributed by atoms with E-state index in [0.717, 1.165) is 0 Å². The minimum absolute atomic E-state index is 0.500. The molecule has 1 heterocycles. The third-order valence-corrected chi connectivity index (χ3v) is 2.44. The third-order valence-electron chi connectivity index (χ3n) is 2.44. The molecule has 1 aliphatic heterocycles. The molecule has 2 heteroatoms. The van der Waals surface area contributed by atoms with E-state index in [1.165, 1.54) is 11.4 Å². The van der Waals surface area contributed by atoms with Gasteiger partial charge in [-0.05, 0) is 26.0 Å². The zero-order valence-corrected chi connectivity index (χ0v) is 7.46. The van der Waals surface area contributed by atoms with E-state index < -0.39 is 0 Å². The Balaban J connectivity index is 2.34. The molecule has 0 aliphatic carbocycles. The van der Waals surface area contributed by atoms with Gasteiger partial charge >= 0.3 is 0 Å². The Morgan fingerprint density at radius 3 is 1.75 bits per heavy atom. The molecule has 2 N–H and O–H groups in total. The van der Waals surface area contributed by atoms with Crippen LogP contribution in [0.5, 0.6) is 0 Å². The van der Waals surface area contributed by atoms with Gasteiger partial charge in [-0.2, -0.15) is 0 Å². The fourth-order valence-electron chi connectivity index (χ4n) is 1.48. The van der Waals surface area contributed by atoms with Gasteiger partial charge in [-0.15, -0.1) is 0 Å². The van der Waals surface area contributed by atoms with Crippen molar-refractivity contribution in [3.8, 4) is 0 Å². The van der Waals surface area contributed by atoms with Crippen LogP contribution in [0.3, 0.4) is 0 Å². The summed E-state index contributed by atoms with van der Waals surface area (Å²) in [6.45, 7) is 4.38. The lowest BCUT2D eigenvalue weighted by Gasteiger charge is -2.31. The number of nitrogens with one attached hydrogen (secondary N) is 2. The molecule has 0 saturated heterocycles. The van der Waals surface area contributed by atoms with E-state index in [4.69, 9.17) is 0 Å². The highest BCUT2D eigenvalue weighted by atomic mass is 15.1. The summed E-state index contributed by atoms with van der Waals surface area (Å²) in [6.07, 6.45) is 0. The molecule has 0 radical (unpaired) electrons. The maximum absolute atomic E-state index is 3.45. The summed E-state index contributed by atoms with van der Waals surface area (Å²) in [5.41, 5.74) is 2.42. The Labute approximate surface area is 73.0 Å². The summed E-state index contributed by atoms with van der Waals surface area (Å²) in [7, 11) is 0. The smallest absolute Gasteiger partial charge is 0.0578 e. The number of para-hydroxylation sites is 2. The van der Waals surface area contributed by atoms with Crippen molar-refractivity contribution in [3.63, 3.8) is 0 Å². The number of anilines is 2. The monoisotopic (exact) mass is 162 g/mol. The first-order valence-corrected chi connectivity index (χ1v) is 4.39. The van der Waals surface area contributed by atoms with E-state index in [-0.39, 0.29) is 0 Å². The van der Waals surface area contributed by atoms with Crippen molar-refractivity contribution in [2.24, 2.45) is 0 Å². The second-order valence-electron chi connectivity index (χ2n) is 3.41. The molecular weight excluding hydrogens is 148 g/mol. The fraction of sp³-hybridized carbons (Fsp3) is 0.400. The Kier molecular flexibility index (Phi) is 1.68. The average molecular weight is 162 g/mol. The topological polar surface area (TPSA) is 24.1 Å². The van der Waals surface area contributed by atoms with Crippen LogP contribution in [0.25, 0.3) is 0 Å². The Hall–Kier alpha value is -1.18. The summed E-state index contributed by atoms with van der Waals surface area (Å²) in [5, 5.41) is 6.89. The lowest BCUT2D eigenvalue weighted by molar-refractivity contribution is 0.663. The summed E-state index contributed by atoms with van der Waals surface area (Å²) < 4.78 is 0. The number of hydrogen-bond donors (Lipinski definition) is 2. The van der Waals surface area contributed by atoms with Crippen LogP contribution >= 0.6 is 0 Å². The Morgan fingerprint density at radius 2 is 1.33 bits per heavy atom. The molecule has 0 spiro atoms. The van der Waals surface area contributed by atoms with Crippen LogP contribution in [0.2, 0.25) is 0 Å². The normalized spacial score (nSPS) is 26.8. The number of benzene rings is 1. The molecule has 0 bridgehead atoms. The molecule has 2 nitrogen and oxygen atoms in total. The second kappa shape index (κ2) is 2.70. The van der Waals surface area contributed by atoms with Crippen LogP contribution in [0.1, 0.15) is 13.8 Å². The van der Waals surface area contributed by atoms with E-state index in [1.54, 1.807) is 0 Å². The number of fused-ring (bicyclic) bond motifs is 1. The van der Waals surface area contributed by atoms with Crippen LogP contribution in [-0.4, -0.2) is 12.1 Å². The van der Waals surface area contributed by atoms with Gasteiger partial charge in [0.05, 0.1) is 11.4 Å². The van der Waals surface area contributed by atoms with E-state index in [1.807, 2.05) is 0 Å². The summed E-state index contributed by atoms with van der Waals surface area (Å²) in [5.74, 6) is 0. The minimum Gasteiger partial charge on any atom is -0.379 e. The van der Waals surface area contributed by atoms with Crippen molar-refractivity contribution in [2.45, 2.75) is 25.9 Å². The average Bonchev–Trinajstić information content (AvgIpc) is 2.07. The highest BCUT2D eigenvalue weighted by molar-refractivity contribution is 5.71. The van der Waals surface area contributed by atoms with Gasteiger partial charge in [-0.1, -0.05) is 12.1 Å². The van der Waals surface area contributed by atoms with Crippen LogP contribution < -0.4 is 10.6 Å².